The molecule has 1 aromatic carbocycles. The van der Waals surface area contributed by atoms with E-state index in [-0.39, 0.29) is 0 Å². The van der Waals surface area contributed by atoms with E-state index in [1.54, 1.807) is 0 Å². The molecule has 0 amide bonds. The Morgan fingerprint density at radius 3 is 2.33 bits per heavy atom. The van der Waals surface area contributed by atoms with Gasteiger partial charge in [0, 0.05) is 6.54 Å². The minimum absolute atomic E-state index is 0.814. The summed E-state index contributed by atoms with van der Waals surface area (Å²) < 4.78 is 0. The van der Waals surface area contributed by atoms with Gasteiger partial charge in [-0.1, -0.05) is 51.0 Å². The smallest absolute Gasteiger partial charge is 0.0208 e. The van der Waals surface area contributed by atoms with Crippen LogP contribution in [0.2, 0.25) is 0 Å². The summed E-state index contributed by atoms with van der Waals surface area (Å²) in [6.45, 7) is 7.72. The molecule has 0 aliphatic heterocycles. The van der Waals surface area contributed by atoms with Crippen LogP contribution in [0.3, 0.4) is 0 Å². The van der Waals surface area contributed by atoms with E-state index in [2.05, 4.69) is 48.7 Å². The van der Waals surface area contributed by atoms with E-state index in [9.17, 15) is 0 Å². The molecule has 0 aliphatic carbocycles. The zero-order valence-corrected chi connectivity index (χ0v) is 12.1. The number of likely N-dealkylation sites (N-methyl/N-ethyl adjacent to an activating group) is 1. The zero-order chi connectivity index (χ0) is 13.2. The highest BCUT2D eigenvalue weighted by Crippen LogP contribution is 2.10. The number of rotatable bonds is 9. The third kappa shape index (κ3) is 5.19. The summed E-state index contributed by atoms with van der Waals surface area (Å²) in [5, 5.41) is 6.82. The highest BCUT2D eigenvalue weighted by atomic mass is 14.9. The van der Waals surface area contributed by atoms with Gasteiger partial charge < -0.3 is 10.6 Å². The predicted octanol–water partition coefficient (Wildman–Crippen LogP) is 2.97. The first-order valence-corrected chi connectivity index (χ1v) is 7.23. The Morgan fingerprint density at radius 2 is 1.72 bits per heavy atom. The van der Waals surface area contributed by atoms with Gasteiger partial charge in [0.1, 0.15) is 0 Å². The minimum atomic E-state index is 0.814. The Balaban J connectivity index is 2.45. The average molecular weight is 248 g/mol. The molecule has 2 heteroatoms. The van der Waals surface area contributed by atoms with E-state index in [0.29, 0.717) is 0 Å². The summed E-state index contributed by atoms with van der Waals surface area (Å²) in [4.78, 5) is 0. The average Bonchev–Trinajstić information content (AvgIpc) is 2.42. The van der Waals surface area contributed by atoms with E-state index in [1.165, 1.54) is 24.0 Å². The third-order valence-corrected chi connectivity index (χ3v) is 3.67. The van der Waals surface area contributed by atoms with Gasteiger partial charge in [0.2, 0.25) is 0 Å². The van der Waals surface area contributed by atoms with Gasteiger partial charge in [-0.3, -0.25) is 0 Å². The van der Waals surface area contributed by atoms with Crippen molar-refractivity contribution in [3.05, 3.63) is 35.4 Å². The molecule has 1 rings (SSSR count). The van der Waals surface area contributed by atoms with Crippen LogP contribution >= 0.6 is 0 Å². The number of hydrogen-bond donors (Lipinski definition) is 2. The molecule has 0 heterocycles. The van der Waals surface area contributed by atoms with Crippen LogP contribution < -0.4 is 10.6 Å². The molecule has 18 heavy (non-hydrogen) atoms. The van der Waals surface area contributed by atoms with E-state index in [4.69, 9.17) is 0 Å². The Morgan fingerprint density at radius 1 is 1.06 bits per heavy atom. The molecule has 0 spiro atoms. The number of nitrogens with one attached hydrogen (secondary N) is 2. The Labute approximate surface area is 112 Å². The number of hydrogen-bond acceptors (Lipinski definition) is 2. The van der Waals surface area contributed by atoms with Gasteiger partial charge in [0.05, 0.1) is 0 Å². The van der Waals surface area contributed by atoms with Crippen molar-refractivity contribution >= 4 is 0 Å². The molecule has 0 unspecified atom stereocenters. The van der Waals surface area contributed by atoms with Gasteiger partial charge in [0.15, 0.2) is 0 Å². The van der Waals surface area contributed by atoms with Gasteiger partial charge >= 0.3 is 0 Å². The van der Waals surface area contributed by atoms with Crippen LogP contribution in [0.5, 0.6) is 0 Å². The lowest BCUT2D eigenvalue weighted by atomic mass is 10.0. The Hall–Kier alpha value is -0.860. The van der Waals surface area contributed by atoms with Crippen LogP contribution in [0.15, 0.2) is 24.3 Å². The van der Waals surface area contributed by atoms with E-state index in [1.807, 2.05) is 7.05 Å². The standard InChI is InChI=1S/C16H28N2/c1-4-14(5-2)12-18-13-16-9-7-6-8-15(16)10-11-17-3/h6-9,14,17-18H,4-5,10-13H2,1-3H3. The van der Waals surface area contributed by atoms with Crippen molar-refractivity contribution in [1.82, 2.24) is 10.6 Å². The minimum Gasteiger partial charge on any atom is -0.319 e. The van der Waals surface area contributed by atoms with Gasteiger partial charge in [0.25, 0.3) is 0 Å². The van der Waals surface area contributed by atoms with Crippen LogP contribution in [-0.4, -0.2) is 20.1 Å². The molecule has 0 aromatic heterocycles. The summed E-state index contributed by atoms with van der Waals surface area (Å²) in [7, 11) is 2.01. The van der Waals surface area contributed by atoms with Crippen molar-refractivity contribution in [2.45, 2.75) is 39.7 Å². The third-order valence-electron chi connectivity index (χ3n) is 3.67. The first kappa shape index (κ1) is 15.2. The monoisotopic (exact) mass is 248 g/mol. The maximum absolute atomic E-state index is 3.60. The molecule has 0 bridgehead atoms. The SMILES string of the molecule is CCC(CC)CNCc1ccccc1CCNC. The van der Waals surface area contributed by atoms with Crippen molar-refractivity contribution in [1.29, 1.82) is 0 Å². The summed E-state index contributed by atoms with van der Waals surface area (Å²) in [5.74, 6) is 0.814. The van der Waals surface area contributed by atoms with Crippen LogP contribution in [0.4, 0.5) is 0 Å². The van der Waals surface area contributed by atoms with Crippen LogP contribution in [-0.2, 0) is 13.0 Å². The first-order chi connectivity index (χ1) is 8.81. The summed E-state index contributed by atoms with van der Waals surface area (Å²) in [5.41, 5.74) is 2.91. The fourth-order valence-electron chi connectivity index (χ4n) is 2.22. The van der Waals surface area contributed by atoms with Crippen LogP contribution in [0, 0.1) is 5.92 Å². The van der Waals surface area contributed by atoms with Crippen molar-refractivity contribution in [3.8, 4) is 0 Å². The quantitative estimate of drug-likeness (QED) is 0.702. The molecule has 2 N–H and O–H groups in total. The summed E-state index contributed by atoms with van der Waals surface area (Å²) in [6, 6.07) is 8.75. The molecule has 0 fully saturated rings. The van der Waals surface area contributed by atoms with E-state index < -0.39 is 0 Å². The van der Waals surface area contributed by atoms with Gasteiger partial charge in [-0.15, -0.1) is 0 Å². The van der Waals surface area contributed by atoms with E-state index in [0.717, 1.165) is 32.0 Å². The molecule has 0 saturated heterocycles. The first-order valence-electron chi connectivity index (χ1n) is 7.23. The fraction of sp³-hybridized carbons (Fsp3) is 0.625. The Kier molecular flexibility index (Phi) is 7.70. The molecule has 0 aliphatic rings. The van der Waals surface area contributed by atoms with Gasteiger partial charge in [-0.25, -0.2) is 0 Å². The summed E-state index contributed by atoms with van der Waals surface area (Å²) >= 11 is 0. The summed E-state index contributed by atoms with van der Waals surface area (Å²) in [6.07, 6.45) is 3.65. The normalized spacial score (nSPS) is 11.1. The van der Waals surface area contributed by atoms with Gasteiger partial charge in [-0.05, 0) is 43.6 Å². The van der Waals surface area contributed by atoms with Crippen molar-refractivity contribution in [2.75, 3.05) is 20.1 Å². The second-order valence-electron chi connectivity index (χ2n) is 4.94. The molecule has 1 aromatic rings. The van der Waals surface area contributed by atoms with Crippen LogP contribution in [0.25, 0.3) is 0 Å². The highest BCUT2D eigenvalue weighted by Gasteiger charge is 2.04. The largest absolute Gasteiger partial charge is 0.319 e. The predicted molar refractivity (Wildman–Crippen MR) is 79.9 cm³/mol. The lowest BCUT2D eigenvalue weighted by Crippen LogP contribution is -2.22. The van der Waals surface area contributed by atoms with Gasteiger partial charge in [-0.2, -0.15) is 0 Å². The molecule has 0 atom stereocenters. The lowest BCUT2D eigenvalue weighted by molar-refractivity contribution is 0.449. The van der Waals surface area contributed by atoms with Crippen LogP contribution in [0.1, 0.15) is 37.8 Å². The molecule has 0 saturated carbocycles. The molecule has 102 valence electrons. The highest BCUT2D eigenvalue weighted by molar-refractivity contribution is 5.27. The Bertz CT molecular complexity index is 319. The maximum atomic E-state index is 3.60. The second kappa shape index (κ2) is 9.12. The topological polar surface area (TPSA) is 24.1 Å². The van der Waals surface area contributed by atoms with Crippen molar-refractivity contribution in [3.63, 3.8) is 0 Å². The maximum Gasteiger partial charge on any atom is 0.0208 e. The lowest BCUT2D eigenvalue weighted by Gasteiger charge is -2.15. The molecular formula is C16H28N2. The molecular weight excluding hydrogens is 220 g/mol. The van der Waals surface area contributed by atoms with Crippen molar-refractivity contribution < 1.29 is 0 Å². The van der Waals surface area contributed by atoms with Crippen molar-refractivity contribution in [2.24, 2.45) is 5.92 Å². The van der Waals surface area contributed by atoms with E-state index >= 15 is 0 Å². The number of benzene rings is 1. The molecule has 2 nitrogen and oxygen atoms in total. The zero-order valence-electron chi connectivity index (χ0n) is 12.1. The fourth-order valence-corrected chi connectivity index (χ4v) is 2.22. The molecule has 0 radical (unpaired) electrons. The second-order valence-corrected chi connectivity index (χ2v) is 4.94.